The second kappa shape index (κ2) is 5.14. The quantitative estimate of drug-likeness (QED) is 0.835. The third-order valence-corrected chi connectivity index (χ3v) is 2.79. The lowest BCUT2D eigenvalue weighted by atomic mass is 10.1. The van der Waals surface area contributed by atoms with Crippen molar-refractivity contribution in [3.63, 3.8) is 0 Å². The molecule has 17 heavy (non-hydrogen) atoms. The van der Waals surface area contributed by atoms with E-state index in [0.29, 0.717) is 12.3 Å². The molecule has 2 N–H and O–H groups in total. The van der Waals surface area contributed by atoms with Crippen molar-refractivity contribution in [2.75, 3.05) is 18.5 Å². The molecule has 1 unspecified atom stereocenters. The number of carbonyl (C=O) groups is 1. The summed E-state index contributed by atoms with van der Waals surface area (Å²) >= 11 is 0. The zero-order chi connectivity index (χ0) is 12.3. The summed E-state index contributed by atoms with van der Waals surface area (Å²) in [7, 11) is 0. The van der Waals surface area contributed by atoms with Crippen LogP contribution < -0.4 is 5.32 Å². The molecule has 92 valence electrons. The number of aromatic carboxylic acids is 1. The van der Waals surface area contributed by atoms with Gasteiger partial charge in [0.15, 0.2) is 0 Å². The number of hydrogen-bond donors (Lipinski definition) is 2. The number of carboxylic acid groups (broad SMARTS) is 1. The van der Waals surface area contributed by atoms with Gasteiger partial charge in [-0.1, -0.05) is 0 Å². The van der Waals surface area contributed by atoms with Gasteiger partial charge in [0.25, 0.3) is 0 Å². The Labute approximate surface area is 99.8 Å². The van der Waals surface area contributed by atoms with Crippen molar-refractivity contribution in [3.05, 3.63) is 23.5 Å². The molecule has 0 aromatic carbocycles. The fourth-order valence-electron chi connectivity index (χ4n) is 1.92. The van der Waals surface area contributed by atoms with E-state index in [0.717, 1.165) is 25.1 Å². The number of aryl methyl sites for hydroxylation is 1. The van der Waals surface area contributed by atoms with Crippen molar-refractivity contribution in [1.29, 1.82) is 0 Å². The van der Waals surface area contributed by atoms with Crippen LogP contribution in [-0.4, -0.2) is 35.3 Å². The Hall–Kier alpha value is -1.62. The lowest BCUT2D eigenvalue weighted by Crippen LogP contribution is -2.30. The van der Waals surface area contributed by atoms with Crippen molar-refractivity contribution < 1.29 is 14.6 Å². The SMILES string of the molecule is Cc1cc(NC2CCCOC2)c(C(=O)O)cn1. The zero-order valence-corrected chi connectivity index (χ0v) is 9.77. The first-order valence-electron chi connectivity index (χ1n) is 5.71. The van der Waals surface area contributed by atoms with Crippen LogP contribution in [0.3, 0.4) is 0 Å². The Kier molecular flexibility index (Phi) is 3.58. The molecular weight excluding hydrogens is 220 g/mol. The van der Waals surface area contributed by atoms with Gasteiger partial charge in [-0.25, -0.2) is 4.79 Å². The summed E-state index contributed by atoms with van der Waals surface area (Å²) in [6, 6.07) is 1.95. The summed E-state index contributed by atoms with van der Waals surface area (Å²) in [4.78, 5) is 15.1. The largest absolute Gasteiger partial charge is 0.478 e. The van der Waals surface area contributed by atoms with Gasteiger partial charge >= 0.3 is 5.97 Å². The Balaban J connectivity index is 2.17. The number of pyridine rings is 1. The first kappa shape index (κ1) is 11.9. The van der Waals surface area contributed by atoms with Gasteiger partial charge in [0.2, 0.25) is 0 Å². The van der Waals surface area contributed by atoms with Crippen LogP contribution in [0.25, 0.3) is 0 Å². The van der Waals surface area contributed by atoms with E-state index >= 15 is 0 Å². The molecule has 1 aromatic heterocycles. The van der Waals surface area contributed by atoms with Gasteiger partial charge < -0.3 is 15.2 Å². The van der Waals surface area contributed by atoms with Crippen LogP contribution in [0, 0.1) is 6.92 Å². The van der Waals surface area contributed by atoms with E-state index in [9.17, 15) is 4.79 Å². The summed E-state index contributed by atoms with van der Waals surface area (Å²) in [6.45, 7) is 3.26. The number of aromatic nitrogens is 1. The molecule has 1 aromatic rings. The topological polar surface area (TPSA) is 71.5 Å². The van der Waals surface area contributed by atoms with Gasteiger partial charge in [0.05, 0.1) is 12.3 Å². The summed E-state index contributed by atoms with van der Waals surface area (Å²) < 4.78 is 5.36. The molecule has 1 aliphatic heterocycles. The molecule has 0 saturated carbocycles. The fourth-order valence-corrected chi connectivity index (χ4v) is 1.92. The van der Waals surface area contributed by atoms with Crippen molar-refractivity contribution in [3.8, 4) is 0 Å². The zero-order valence-electron chi connectivity index (χ0n) is 9.77. The van der Waals surface area contributed by atoms with E-state index in [-0.39, 0.29) is 11.6 Å². The molecular formula is C12H16N2O3. The summed E-state index contributed by atoms with van der Waals surface area (Å²) in [6.07, 6.45) is 3.40. The van der Waals surface area contributed by atoms with Crippen molar-refractivity contribution in [2.45, 2.75) is 25.8 Å². The van der Waals surface area contributed by atoms with Gasteiger partial charge in [-0.05, 0) is 25.8 Å². The van der Waals surface area contributed by atoms with E-state index in [1.807, 2.05) is 6.92 Å². The predicted octanol–water partition coefficient (Wildman–Crippen LogP) is 1.68. The highest BCUT2D eigenvalue weighted by Crippen LogP contribution is 2.19. The average Bonchev–Trinajstić information content (AvgIpc) is 2.30. The van der Waals surface area contributed by atoms with Crippen LogP contribution >= 0.6 is 0 Å². The van der Waals surface area contributed by atoms with E-state index in [4.69, 9.17) is 9.84 Å². The minimum atomic E-state index is -0.961. The highest BCUT2D eigenvalue weighted by molar-refractivity contribution is 5.93. The highest BCUT2D eigenvalue weighted by atomic mass is 16.5. The Morgan fingerprint density at radius 1 is 1.65 bits per heavy atom. The second-order valence-corrected chi connectivity index (χ2v) is 4.23. The molecule has 1 aliphatic rings. The normalized spacial score (nSPS) is 19.9. The van der Waals surface area contributed by atoms with Crippen molar-refractivity contribution in [2.24, 2.45) is 0 Å². The number of hydrogen-bond acceptors (Lipinski definition) is 4. The molecule has 0 spiro atoms. The summed E-state index contributed by atoms with van der Waals surface area (Å²) in [5.41, 5.74) is 1.64. The monoisotopic (exact) mass is 236 g/mol. The number of anilines is 1. The predicted molar refractivity (Wildman–Crippen MR) is 63.4 cm³/mol. The summed E-state index contributed by atoms with van der Waals surface area (Å²) in [5.74, 6) is -0.961. The van der Waals surface area contributed by atoms with Gasteiger partial charge in [0.1, 0.15) is 5.56 Å². The minimum Gasteiger partial charge on any atom is -0.478 e. The molecule has 5 heteroatoms. The molecule has 5 nitrogen and oxygen atoms in total. The first-order valence-corrected chi connectivity index (χ1v) is 5.71. The maximum absolute atomic E-state index is 11.1. The highest BCUT2D eigenvalue weighted by Gasteiger charge is 2.17. The number of carboxylic acids is 1. The lowest BCUT2D eigenvalue weighted by molar-refractivity contribution is 0.0696. The van der Waals surface area contributed by atoms with Crippen molar-refractivity contribution in [1.82, 2.24) is 4.98 Å². The van der Waals surface area contributed by atoms with Crippen LogP contribution in [0.4, 0.5) is 5.69 Å². The molecule has 0 aliphatic carbocycles. The van der Waals surface area contributed by atoms with Gasteiger partial charge in [-0.15, -0.1) is 0 Å². The third-order valence-electron chi connectivity index (χ3n) is 2.79. The Morgan fingerprint density at radius 3 is 3.12 bits per heavy atom. The van der Waals surface area contributed by atoms with E-state index in [1.165, 1.54) is 6.20 Å². The fraction of sp³-hybridized carbons (Fsp3) is 0.500. The maximum Gasteiger partial charge on any atom is 0.339 e. The Morgan fingerprint density at radius 2 is 2.47 bits per heavy atom. The van der Waals surface area contributed by atoms with Gasteiger partial charge in [-0.3, -0.25) is 4.98 Å². The standard InChI is InChI=1S/C12H16N2O3/c1-8-5-11(10(6-13-8)12(15)16)14-9-3-2-4-17-7-9/h5-6,9H,2-4,7H2,1H3,(H,13,14)(H,15,16). The number of nitrogens with one attached hydrogen (secondary N) is 1. The minimum absolute atomic E-state index is 0.184. The molecule has 2 rings (SSSR count). The molecule has 0 bridgehead atoms. The molecule has 0 amide bonds. The van der Waals surface area contributed by atoms with E-state index in [1.54, 1.807) is 6.07 Å². The van der Waals surface area contributed by atoms with Gasteiger partial charge in [-0.2, -0.15) is 0 Å². The molecule has 0 radical (unpaired) electrons. The third kappa shape index (κ3) is 2.94. The molecule has 1 saturated heterocycles. The molecule has 1 fully saturated rings. The van der Waals surface area contributed by atoms with Crippen LogP contribution in [0.5, 0.6) is 0 Å². The number of nitrogens with zero attached hydrogens (tertiary/aromatic N) is 1. The van der Waals surface area contributed by atoms with Gasteiger partial charge in [0, 0.05) is 24.5 Å². The van der Waals surface area contributed by atoms with Crippen molar-refractivity contribution >= 4 is 11.7 Å². The molecule has 1 atom stereocenters. The van der Waals surface area contributed by atoms with E-state index in [2.05, 4.69) is 10.3 Å². The first-order chi connectivity index (χ1) is 8.16. The maximum atomic E-state index is 11.1. The smallest absolute Gasteiger partial charge is 0.339 e. The van der Waals surface area contributed by atoms with Crippen LogP contribution in [0.15, 0.2) is 12.3 Å². The van der Waals surface area contributed by atoms with Crippen LogP contribution in [0.1, 0.15) is 28.9 Å². The Bertz CT molecular complexity index is 414. The lowest BCUT2D eigenvalue weighted by Gasteiger charge is -2.24. The summed E-state index contributed by atoms with van der Waals surface area (Å²) in [5, 5.41) is 12.3. The van der Waals surface area contributed by atoms with Crippen LogP contribution in [0.2, 0.25) is 0 Å². The van der Waals surface area contributed by atoms with E-state index < -0.39 is 5.97 Å². The molecule has 2 heterocycles. The van der Waals surface area contributed by atoms with Crippen LogP contribution in [-0.2, 0) is 4.74 Å². The number of ether oxygens (including phenoxy) is 1. The number of rotatable bonds is 3. The average molecular weight is 236 g/mol. The second-order valence-electron chi connectivity index (χ2n) is 4.23.